The number of nitrogens with zero attached hydrogens (tertiary/aromatic N) is 5. The molecule has 77 heavy (non-hydrogen) atoms. The SMILES string of the molecule is CC(C)(C)OC(=O)N1CC2CNCC2C1.O=C(OC(C(F)(F)F)C(F)(F)F)N1CC2CN(Cc3ccc(Cl)cc3N3CC4CC(C3)O4)CC2C1.O=Cc1ccc(Cl)cc1N1CC2CCC(C1)O2.OC(C(F)(F)F)C(F)(F)F. The van der Waals surface area contributed by atoms with E-state index in [0.717, 1.165) is 99.7 Å². The van der Waals surface area contributed by atoms with Gasteiger partial charge in [-0.15, -0.1) is 0 Å². The monoisotopic (exact) mass is 1160 g/mol. The predicted octanol–water partition coefficient (Wildman–Crippen LogP) is 9.38. The number of hydrogen-bond donors (Lipinski definition) is 2. The van der Waals surface area contributed by atoms with E-state index in [2.05, 4.69) is 24.8 Å². The van der Waals surface area contributed by atoms with Gasteiger partial charge in [0.05, 0.1) is 24.4 Å². The van der Waals surface area contributed by atoms with Gasteiger partial charge in [0, 0.05) is 118 Å². The van der Waals surface area contributed by atoms with Gasteiger partial charge in [-0.05, 0) is 93.2 Å². The van der Waals surface area contributed by atoms with Gasteiger partial charge >= 0.3 is 36.9 Å². The van der Waals surface area contributed by atoms with E-state index in [9.17, 15) is 67.1 Å². The van der Waals surface area contributed by atoms with Crippen molar-refractivity contribution in [2.75, 3.05) is 88.3 Å². The Labute approximate surface area is 446 Å². The van der Waals surface area contributed by atoms with Gasteiger partial charge in [-0.1, -0.05) is 29.3 Å². The zero-order chi connectivity index (χ0) is 56.6. The molecule has 9 saturated heterocycles. The van der Waals surface area contributed by atoms with Crippen LogP contribution in [0.2, 0.25) is 10.0 Å². The van der Waals surface area contributed by atoms with Gasteiger partial charge < -0.3 is 49.0 Å². The number of amides is 2. The van der Waals surface area contributed by atoms with Crippen molar-refractivity contribution >= 4 is 53.0 Å². The summed E-state index contributed by atoms with van der Waals surface area (Å²) in [6.45, 7) is 14.7. The van der Waals surface area contributed by atoms with E-state index in [1.807, 2.05) is 49.9 Å². The van der Waals surface area contributed by atoms with Gasteiger partial charge in [0.2, 0.25) is 6.10 Å². The topological polar surface area (TPSA) is 137 Å². The molecule has 2 N–H and O–H groups in total. The minimum atomic E-state index is -5.72. The molecule has 2 aromatic carbocycles. The van der Waals surface area contributed by atoms with E-state index in [0.29, 0.717) is 59.3 Å². The smallest absolute Gasteiger partial charge is 0.434 e. The molecule has 2 aromatic rings. The fraction of sp³-hybridized carbons (Fsp3) is 0.694. The standard InChI is InChI=1S/C22H24ClF6N3O3.C13H14ClNO2.C11H20N2O2.C3H2F6O/c23-15-2-1-12(18(3-15)31-10-16-4-17(11-31)34-16)5-30-6-13-8-32(9-14(13)7-30)20(33)35-19(21(24,25)26)22(27,28)29;14-10-2-1-9(8-16)13(5-10)15-6-11-3-4-12(7-15)17-11;1-11(2,3)15-10(14)13-6-8-4-12-5-9(8)7-13;4-2(5,6)1(10)3(7,8)9/h1-3,13-14,16-17,19H,4-11H2;1-2,5,8,11-12H,3-4,6-7H2;8-9,12H,4-7H2,1-3H3;1,10H. The second-order valence-electron chi connectivity index (χ2n) is 21.5. The number of alkyl halides is 12. The molecule has 9 aliphatic rings. The van der Waals surface area contributed by atoms with Crippen molar-refractivity contribution in [1.82, 2.24) is 20.0 Å². The maximum absolute atomic E-state index is 12.7. The molecular weight excluding hydrogens is 1100 g/mol. The van der Waals surface area contributed by atoms with Crippen molar-refractivity contribution in [3.8, 4) is 0 Å². The lowest BCUT2D eigenvalue weighted by atomic mass is 9.97. The highest BCUT2D eigenvalue weighted by molar-refractivity contribution is 6.31. The number of nitrogens with one attached hydrogen (secondary N) is 1. The third-order valence-electron chi connectivity index (χ3n) is 14.3. The summed E-state index contributed by atoms with van der Waals surface area (Å²) in [5.74, 6) is 1.17. The van der Waals surface area contributed by atoms with Gasteiger partial charge in [-0.2, -0.15) is 52.7 Å². The number of carbonyl (C=O) groups excluding carboxylic acids is 3. The van der Waals surface area contributed by atoms with Crippen LogP contribution in [0.1, 0.15) is 56.0 Å². The van der Waals surface area contributed by atoms with Crippen molar-refractivity contribution in [1.29, 1.82) is 0 Å². The number of piperidine rings is 1. The summed E-state index contributed by atoms with van der Waals surface area (Å²) in [6.07, 6.45) is -27.5. The number of ether oxygens (including phenoxy) is 4. The normalized spacial score (nSPS) is 27.0. The van der Waals surface area contributed by atoms with Crippen LogP contribution in [0.3, 0.4) is 0 Å². The fourth-order valence-electron chi connectivity index (χ4n) is 10.8. The number of anilines is 2. The lowest BCUT2D eigenvalue weighted by Crippen LogP contribution is -2.57. The number of aldehydes is 1. The van der Waals surface area contributed by atoms with Crippen LogP contribution in [0.4, 0.5) is 73.6 Å². The molecule has 28 heteroatoms. The lowest BCUT2D eigenvalue weighted by molar-refractivity contribution is -0.309. The van der Waals surface area contributed by atoms with Crippen LogP contribution in [-0.2, 0) is 25.5 Å². The first kappa shape index (κ1) is 60.4. The van der Waals surface area contributed by atoms with Crippen LogP contribution in [0.5, 0.6) is 0 Å². The van der Waals surface area contributed by atoms with Crippen LogP contribution in [0.15, 0.2) is 36.4 Å². The third-order valence-corrected chi connectivity index (χ3v) is 14.8. The van der Waals surface area contributed by atoms with Gasteiger partial charge in [0.25, 0.3) is 6.10 Å². The summed E-state index contributed by atoms with van der Waals surface area (Å²) in [5, 5.41) is 12.1. The number of halogens is 14. The zero-order valence-corrected chi connectivity index (χ0v) is 43.5. The molecule has 9 heterocycles. The summed E-state index contributed by atoms with van der Waals surface area (Å²) in [7, 11) is 0. The van der Waals surface area contributed by atoms with E-state index < -0.39 is 43.0 Å². The summed E-state index contributed by atoms with van der Waals surface area (Å²) >= 11 is 12.3. The van der Waals surface area contributed by atoms with E-state index in [1.165, 1.54) is 0 Å². The van der Waals surface area contributed by atoms with Crippen molar-refractivity contribution in [3.05, 3.63) is 57.6 Å². The summed E-state index contributed by atoms with van der Waals surface area (Å²) in [6, 6.07) is 11.1. The average Bonchev–Trinajstić information content (AvgIpc) is 4.15. The number of aliphatic hydroxyl groups excluding tert-OH is 1. The number of rotatable bonds is 6. The van der Waals surface area contributed by atoms with Crippen LogP contribution < -0.4 is 15.1 Å². The Morgan fingerprint density at radius 2 is 1.09 bits per heavy atom. The molecule has 4 bridgehead atoms. The maximum Gasteiger partial charge on any atom is 0.434 e. The van der Waals surface area contributed by atoms with Crippen molar-refractivity contribution in [3.63, 3.8) is 0 Å². The molecule has 14 nitrogen and oxygen atoms in total. The molecule has 9 aliphatic heterocycles. The van der Waals surface area contributed by atoms with Crippen LogP contribution in [0.25, 0.3) is 0 Å². The highest BCUT2D eigenvalue weighted by atomic mass is 35.5. The Kier molecular flexibility index (Phi) is 18.7. The molecule has 432 valence electrons. The van der Waals surface area contributed by atoms with E-state index in [-0.39, 0.29) is 48.8 Å². The summed E-state index contributed by atoms with van der Waals surface area (Å²) in [4.78, 5) is 44.4. The fourth-order valence-corrected chi connectivity index (χ4v) is 11.2. The highest BCUT2D eigenvalue weighted by Gasteiger charge is 2.61. The second kappa shape index (κ2) is 23.9. The molecule has 8 unspecified atom stereocenters. The Hall–Kier alpha value is -4.21. The largest absolute Gasteiger partial charge is 0.444 e. The highest BCUT2D eigenvalue weighted by Crippen LogP contribution is 2.40. The zero-order valence-electron chi connectivity index (χ0n) is 42.0. The first-order valence-electron chi connectivity index (χ1n) is 24.9. The van der Waals surface area contributed by atoms with E-state index in [4.69, 9.17) is 42.5 Å². The number of aliphatic hydroxyl groups is 1. The maximum atomic E-state index is 12.7. The van der Waals surface area contributed by atoms with Crippen molar-refractivity contribution in [2.24, 2.45) is 23.7 Å². The minimum Gasteiger partial charge on any atom is -0.444 e. The van der Waals surface area contributed by atoms with E-state index >= 15 is 0 Å². The van der Waals surface area contributed by atoms with Gasteiger partial charge in [0.1, 0.15) is 5.60 Å². The van der Waals surface area contributed by atoms with E-state index in [1.54, 1.807) is 12.1 Å². The summed E-state index contributed by atoms with van der Waals surface area (Å²) in [5.41, 5.74) is 3.39. The Morgan fingerprint density at radius 3 is 1.56 bits per heavy atom. The number of hydrogen-bond acceptors (Lipinski definition) is 12. The predicted molar refractivity (Wildman–Crippen MR) is 256 cm³/mol. The molecule has 9 fully saturated rings. The first-order chi connectivity index (χ1) is 35.7. The van der Waals surface area contributed by atoms with Gasteiger partial charge in [-0.25, -0.2) is 9.59 Å². The number of benzene rings is 2. The molecule has 8 atom stereocenters. The Balaban J connectivity index is 0.000000170. The van der Waals surface area contributed by atoms with Gasteiger partial charge in [-0.3, -0.25) is 9.69 Å². The van der Waals surface area contributed by atoms with Crippen molar-refractivity contribution < 1.29 is 91.1 Å². The lowest BCUT2D eigenvalue weighted by Gasteiger charge is -2.48. The molecule has 0 aliphatic carbocycles. The van der Waals surface area contributed by atoms with Crippen LogP contribution >= 0.6 is 23.2 Å². The quantitative estimate of drug-likeness (QED) is 0.211. The number of carbonyl (C=O) groups is 3. The number of fused-ring (bicyclic) bond motifs is 6. The summed E-state index contributed by atoms with van der Waals surface area (Å²) < 4.78 is 163. The molecule has 2 amide bonds. The van der Waals surface area contributed by atoms with Crippen LogP contribution in [0, 0.1) is 23.7 Å². The molecular formula is C49H60Cl2F12N6O8. The van der Waals surface area contributed by atoms with Crippen LogP contribution in [-0.4, -0.2) is 184 Å². The second-order valence-corrected chi connectivity index (χ2v) is 22.4. The number of likely N-dealkylation sites (tertiary alicyclic amines) is 3. The van der Waals surface area contributed by atoms with Crippen molar-refractivity contribution in [2.45, 2.75) is 114 Å². The minimum absolute atomic E-state index is 0.0513. The molecule has 0 radical (unpaired) electrons. The number of morpholine rings is 2. The Bertz CT molecular complexity index is 2300. The molecule has 0 aromatic heterocycles. The molecule has 0 spiro atoms. The third kappa shape index (κ3) is 16.0. The molecule has 0 saturated carbocycles. The first-order valence-corrected chi connectivity index (χ1v) is 25.6. The Morgan fingerprint density at radius 1 is 0.649 bits per heavy atom. The molecule has 11 rings (SSSR count). The average molecular weight is 1160 g/mol. The van der Waals surface area contributed by atoms with Gasteiger partial charge in [0.15, 0.2) is 6.29 Å².